The summed E-state index contributed by atoms with van der Waals surface area (Å²) < 4.78 is 6.99. The molecule has 2 aromatic heterocycles. The summed E-state index contributed by atoms with van der Waals surface area (Å²) in [4.78, 5) is 23.6. The summed E-state index contributed by atoms with van der Waals surface area (Å²) in [6.07, 6.45) is 3.44. The van der Waals surface area contributed by atoms with Crippen molar-refractivity contribution in [2.24, 2.45) is 7.05 Å². The molecular weight excluding hydrogens is 440 g/mol. The van der Waals surface area contributed by atoms with Crippen molar-refractivity contribution in [1.82, 2.24) is 19.4 Å². The molecule has 0 radical (unpaired) electrons. The van der Waals surface area contributed by atoms with Crippen LogP contribution in [-0.4, -0.2) is 53.2 Å². The van der Waals surface area contributed by atoms with Crippen molar-refractivity contribution in [2.75, 3.05) is 38.8 Å². The van der Waals surface area contributed by atoms with Gasteiger partial charge in [0.1, 0.15) is 5.56 Å². The van der Waals surface area contributed by atoms with E-state index in [1.54, 1.807) is 0 Å². The fraction of sp³-hybridized carbons (Fsp3) is 0.222. The number of carbonyl (C=O) groups is 1. The molecule has 0 spiro atoms. The number of anilines is 3. The molecule has 0 atom stereocenters. The molecule has 2 aromatic carbocycles. The highest BCUT2D eigenvalue weighted by molar-refractivity contribution is 6.02. The predicted molar refractivity (Wildman–Crippen MR) is 140 cm³/mol. The van der Waals surface area contributed by atoms with Gasteiger partial charge >= 0.3 is 5.97 Å². The van der Waals surface area contributed by atoms with Crippen LogP contribution in [0.5, 0.6) is 0 Å². The van der Waals surface area contributed by atoms with Gasteiger partial charge in [-0.05, 0) is 44.8 Å². The number of esters is 1. The highest BCUT2D eigenvalue weighted by Gasteiger charge is 2.20. The number of nitrogens with zero attached hydrogens (tertiary/aromatic N) is 4. The zero-order valence-corrected chi connectivity index (χ0v) is 20.5. The number of aromatic nitrogens is 3. The molecule has 35 heavy (non-hydrogen) atoms. The topological polar surface area (TPSA) is 98.3 Å². The van der Waals surface area contributed by atoms with Crippen molar-refractivity contribution < 1.29 is 9.53 Å². The first kappa shape index (κ1) is 23.8. The summed E-state index contributed by atoms with van der Waals surface area (Å²) in [5.41, 5.74) is 11.9. The molecule has 4 aromatic rings. The Labute approximate surface area is 204 Å². The van der Waals surface area contributed by atoms with E-state index in [9.17, 15) is 4.79 Å². The fourth-order valence-corrected chi connectivity index (χ4v) is 3.82. The number of carbonyl (C=O) groups excluding carboxylic acids is 1. The minimum atomic E-state index is -0.499. The number of rotatable bonds is 5. The maximum absolute atomic E-state index is 12.5. The van der Waals surface area contributed by atoms with Gasteiger partial charge in [0.05, 0.1) is 19.3 Å². The highest BCUT2D eigenvalue weighted by atomic mass is 16.5. The zero-order chi connectivity index (χ0) is 25.1. The van der Waals surface area contributed by atoms with Gasteiger partial charge in [0.15, 0.2) is 0 Å². The number of benzene rings is 2. The maximum Gasteiger partial charge on any atom is 0.341 e. The van der Waals surface area contributed by atoms with Gasteiger partial charge in [0.2, 0.25) is 5.95 Å². The van der Waals surface area contributed by atoms with Gasteiger partial charge in [0, 0.05) is 52.8 Å². The molecule has 0 aliphatic carbocycles. The van der Waals surface area contributed by atoms with E-state index in [1.165, 1.54) is 13.3 Å². The molecular formula is C27H28N6O2. The smallest absolute Gasteiger partial charge is 0.341 e. The molecule has 3 N–H and O–H groups in total. The Hall–Kier alpha value is -4.35. The minimum Gasteiger partial charge on any atom is -0.465 e. The van der Waals surface area contributed by atoms with Crippen molar-refractivity contribution in [2.45, 2.75) is 6.92 Å². The number of methoxy groups -OCH3 is 1. The van der Waals surface area contributed by atoms with Crippen LogP contribution in [0.2, 0.25) is 0 Å². The molecule has 4 rings (SSSR count). The second-order valence-electron chi connectivity index (χ2n) is 8.54. The largest absolute Gasteiger partial charge is 0.465 e. The van der Waals surface area contributed by atoms with Crippen LogP contribution in [0.3, 0.4) is 0 Å². The van der Waals surface area contributed by atoms with E-state index in [4.69, 9.17) is 15.5 Å². The lowest BCUT2D eigenvalue weighted by atomic mass is 10.1. The normalized spacial score (nSPS) is 10.8. The SMILES string of the molecule is COC(=O)c1cnc(Nc2cc(N)c(C#CCN(C)C)cc2C)nc1-c1cn(C)c2ccccc12. The summed E-state index contributed by atoms with van der Waals surface area (Å²) in [6.45, 7) is 2.61. The molecule has 0 amide bonds. The molecule has 0 aliphatic rings. The highest BCUT2D eigenvalue weighted by Crippen LogP contribution is 2.32. The van der Waals surface area contributed by atoms with Gasteiger partial charge in [-0.1, -0.05) is 30.0 Å². The molecule has 178 valence electrons. The monoisotopic (exact) mass is 468 g/mol. The first-order valence-electron chi connectivity index (χ1n) is 11.1. The average Bonchev–Trinajstić information content (AvgIpc) is 3.18. The average molecular weight is 469 g/mol. The van der Waals surface area contributed by atoms with Crippen LogP contribution in [0.1, 0.15) is 21.5 Å². The van der Waals surface area contributed by atoms with E-state index >= 15 is 0 Å². The Balaban J connectivity index is 1.75. The fourth-order valence-electron chi connectivity index (χ4n) is 3.82. The Kier molecular flexibility index (Phi) is 6.71. The summed E-state index contributed by atoms with van der Waals surface area (Å²) in [7, 11) is 7.23. The zero-order valence-electron chi connectivity index (χ0n) is 20.5. The Bertz CT molecular complexity index is 1480. The van der Waals surface area contributed by atoms with E-state index in [-0.39, 0.29) is 5.56 Å². The Morgan fingerprint density at radius 1 is 1.26 bits per heavy atom. The van der Waals surface area contributed by atoms with Gasteiger partial charge in [-0.2, -0.15) is 0 Å². The number of nitrogens with one attached hydrogen (secondary N) is 1. The number of aryl methyl sites for hydroxylation is 2. The van der Waals surface area contributed by atoms with Crippen LogP contribution >= 0.6 is 0 Å². The summed E-state index contributed by atoms with van der Waals surface area (Å²) in [6, 6.07) is 11.7. The van der Waals surface area contributed by atoms with E-state index in [0.29, 0.717) is 23.9 Å². The first-order chi connectivity index (χ1) is 16.8. The van der Waals surface area contributed by atoms with Gasteiger partial charge in [-0.15, -0.1) is 0 Å². The number of fused-ring (bicyclic) bond motifs is 1. The Morgan fingerprint density at radius 3 is 2.77 bits per heavy atom. The van der Waals surface area contributed by atoms with E-state index in [1.807, 2.05) is 80.1 Å². The molecule has 8 heteroatoms. The second kappa shape index (κ2) is 9.87. The van der Waals surface area contributed by atoms with Gasteiger partial charge in [-0.3, -0.25) is 4.90 Å². The number of hydrogen-bond donors (Lipinski definition) is 2. The lowest BCUT2D eigenvalue weighted by molar-refractivity contribution is 0.0601. The molecule has 0 aliphatic heterocycles. The number of hydrogen-bond acceptors (Lipinski definition) is 7. The lowest BCUT2D eigenvalue weighted by Gasteiger charge is -2.13. The number of para-hydroxylation sites is 1. The van der Waals surface area contributed by atoms with Crippen molar-refractivity contribution in [3.8, 4) is 23.1 Å². The van der Waals surface area contributed by atoms with Gasteiger partial charge in [-0.25, -0.2) is 14.8 Å². The van der Waals surface area contributed by atoms with Crippen LogP contribution in [-0.2, 0) is 11.8 Å². The molecule has 0 saturated carbocycles. The lowest BCUT2D eigenvalue weighted by Crippen LogP contribution is -2.11. The van der Waals surface area contributed by atoms with E-state index in [2.05, 4.69) is 22.1 Å². The van der Waals surface area contributed by atoms with Gasteiger partial charge in [0.25, 0.3) is 0 Å². The summed E-state index contributed by atoms with van der Waals surface area (Å²) in [5.74, 6) is 6.07. The van der Waals surface area contributed by atoms with Crippen molar-refractivity contribution in [3.05, 3.63) is 65.5 Å². The number of nitrogens with two attached hydrogens (primary N) is 1. The quantitative estimate of drug-likeness (QED) is 0.260. The first-order valence-corrected chi connectivity index (χ1v) is 11.1. The summed E-state index contributed by atoms with van der Waals surface area (Å²) in [5, 5.41) is 4.22. The van der Waals surface area contributed by atoms with Crippen LogP contribution in [0, 0.1) is 18.8 Å². The molecule has 8 nitrogen and oxygen atoms in total. The van der Waals surface area contributed by atoms with Crippen molar-refractivity contribution in [3.63, 3.8) is 0 Å². The molecule has 0 saturated heterocycles. The van der Waals surface area contributed by atoms with Crippen LogP contribution in [0.15, 0.2) is 48.8 Å². The van der Waals surface area contributed by atoms with Crippen molar-refractivity contribution >= 4 is 34.2 Å². The van der Waals surface area contributed by atoms with E-state index in [0.717, 1.165) is 33.3 Å². The van der Waals surface area contributed by atoms with Crippen molar-refractivity contribution in [1.29, 1.82) is 0 Å². The Morgan fingerprint density at radius 2 is 2.03 bits per heavy atom. The molecule has 0 fully saturated rings. The van der Waals surface area contributed by atoms with Crippen LogP contribution < -0.4 is 11.1 Å². The summed E-state index contributed by atoms with van der Waals surface area (Å²) >= 11 is 0. The maximum atomic E-state index is 12.5. The van der Waals surface area contributed by atoms with E-state index < -0.39 is 5.97 Å². The van der Waals surface area contributed by atoms with Crippen LogP contribution in [0.25, 0.3) is 22.2 Å². The third-order valence-electron chi connectivity index (χ3n) is 5.61. The second-order valence-corrected chi connectivity index (χ2v) is 8.54. The predicted octanol–water partition coefficient (Wildman–Crippen LogP) is 3.97. The third-order valence-corrected chi connectivity index (χ3v) is 5.61. The molecule has 0 bridgehead atoms. The van der Waals surface area contributed by atoms with Crippen LogP contribution in [0.4, 0.5) is 17.3 Å². The standard InChI is InChI=1S/C27H28N6O2/c1-17-13-18(9-8-12-32(2)3)22(28)14-23(17)30-27-29-15-20(26(34)35-5)25(31-27)21-16-33(4)24-11-7-6-10-19(21)24/h6-7,10-11,13-16H,12,28H2,1-5H3,(H,29,30,31). The minimum absolute atomic E-state index is 0.289. The molecule has 0 unspecified atom stereocenters. The number of ether oxygens (including phenoxy) is 1. The van der Waals surface area contributed by atoms with Gasteiger partial charge < -0.3 is 20.4 Å². The third kappa shape index (κ3) is 4.95. The number of nitrogen functional groups attached to an aromatic ring is 1. The molecule has 2 heterocycles.